The van der Waals surface area contributed by atoms with Gasteiger partial charge in [0.25, 0.3) is 0 Å². The third-order valence-electron chi connectivity index (χ3n) is 1.60. The van der Waals surface area contributed by atoms with Crippen LogP contribution in [0.3, 0.4) is 0 Å². The first-order valence-electron chi connectivity index (χ1n) is 5.26. The van der Waals surface area contributed by atoms with Crippen LogP contribution in [0.4, 0.5) is 0 Å². The van der Waals surface area contributed by atoms with Crippen molar-refractivity contribution in [1.29, 1.82) is 0 Å². The summed E-state index contributed by atoms with van der Waals surface area (Å²) in [6.07, 6.45) is 1.83. The number of H-pyrrole nitrogens is 1. The largest absolute Gasteiger partial charge is 0.278 e. The second-order valence-electron chi connectivity index (χ2n) is 2.46. The highest BCUT2D eigenvalue weighted by atomic mass is 15.1. The summed E-state index contributed by atoms with van der Waals surface area (Å²) in [5.41, 5.74) is 2.37. The molecule has 14 heavy (non-hydrogen) atoms. The Morgan fingerprint density at radius 1 is 1.14 bits per heavy atom. The van der Waals surface area contributed by atoms with Crippen molar-refractivity contribution in [3.63, 3.8) is 0 Å². The van der Waals surface area contributed by atoms with E-state index in [0.717, 1.165) is 5.52 Å². The average Bonchev–Trinajstić information content (AvgIpc) is 2.71. The van der Waals surface area contributed by atoms with Crippen molar-refractivity contribution in [1.82, 2.24) is 10.2 Å². The van der Waals surface area contributed by atoms with Gasteiger partial charge in [0.1, 0.15) is 0 Å². The minimum atomic E-state index is 0. The molecule has 80 valence electrons. The van der Waals surface area contributed by atoms with Gasteiger partial charge in [-0.1, -0.05) is 39.8 Å². The number of rotatable bonds is 0. The number of hydrogen-bond donors (Lipinski definition) is 1. The van der Waals surface area contributed by atoms with E-state index in [1.54, 1.807) is 0 Å². The van der Waals surface area contributed by atoms with E-state index in [1.165, 1.54) is 10.9 Å². The number of aromatic nitrogens is 2. The van der Waals surface area contributed by atoms with Gasteiger partial charge in [0.2, 0.25) is 0 Å². The molecule has 1 N–H and O–H groups in total. The van der Waals surface area contributed by atoms with Gasteiger partial charge in [-0.05, 0) is 18.6 Å². The van der Waals surface area contributed by atoms with E-state index in [4.69, 9.17) is 0 Å². The van der Waals surface area contributed by atoms with Crippen LogP contribution in [0.1, 0.15) is 34.7 Å². The Morgan fingerprint density at radius 2 is 1.79 bits per heavy atom. The molecule has 0 saturated heterocycles. The van der Waals surface area contributed by atoms with Crippen LogP contribution in [0.5, 0.6) is 0 Å². The SMILES string of the molecule is CC.CC.Cc1ccc2cn[nH]c2c1.[HH]. The van der Waals surface area contributed by atoms with E-state index < -0.39 is 0 Å². The van der Waals surface area contributed by atoms with Gasteiger partial charge in [-0.25, -0.2) is 0 Å². The Kier molecular flexibility index (Phi) is 6.46. The van der Waals surface area contributed by atoms with Crippen molar-refractivity contribution in [2.75, 3.05) is 0 Å². The minimum Gasteiger partial charge on any atom is -0.278 e. The number of fused-ring (bicyclic) bond motifs is 1. The van der Waals surface area contributed by atoms with Gasteiger partial charge in [0, 0.05) is 6.81 Å². The lowest BCUT2D eigenvalue weighted by Crippen LogP contribution is -1.70. The van der Waals surface area contributed by atoms with Gasteiger partial charge in [-0.3, -0.25) is 5.10 Å². The molecule has 0 unspecified atom stereocenters. The lowest BCUT2D eigenvalue weighted by atomic mass is 10.2. The summed E-state index contributed by atoms with van der Waals surface area (Å²) >= 11 is 0. The van der Waals surface area contributed by atoms with Gasteiger partial charge < -0.3 is 0 Å². The molecule has 1 heterocycles. The topological polar surface area (TPSA) is 28.7 Å². The summed E-state index contributed by atoms with van der Waals surface area (Å²) in [5, 5.41) is 8.00. The van der Waals surface area contributed by atoms with Crippen molar-refractivity contribution in [3.8, 4) is 0 Å². The molecular formula is C12H22N2. The molecule has 2 aromatic rings. The van der Waals surface area contributed by atoms with E-state index in [2.05, 4.69) is 35.3 Å². The molecule has 0 aliphatic rings. The Labute approximate surface area is 87.8 Å². The average molecular weight is 194 g/mol. The second kappa shape index (κ2) is 7.13. The van der Waals surface area contributed by atoms with Crippen LogP contribution in [-0.2, 0) is 0 Å². The molecule has 0 atom stereocenters. The quantitative estimate of drug-likeness (QED) is 0.670. The third kappa shape index (κ3) is 3.21. The van der Waals surface area contributed by atoms with Crippen LogP contribution in [0.2, 0.25) is 0 Å². The van der Waals surface area contributed by atoms with E-state index >= 15 is 0 Å². The molecule has 0 aliphatic carbocycles. The maximum Gasteiger partial charge on any atom is 0.0652 e. The van der Waals surface area contributed by atoms with E-state index in [1.807, 2.05) is 33.9 Å². The Hall–Kier alpha value is -1.31. The van der Waals surface area contributed by atoms with Crippen LogP contribution in [-0.4, -0.2) is 10.2 Å². The molecule has 0 amide bonds. The fraction of sp³-hybridized carbons (Fsp3) is 0.417. The molecule has 0 saturated carbocycles. The van der Waals surface area contributed by atoms with Gasteiger partial charge in [-0.15, -0.1) is 0 Å². The minimum absolute atomic E-state index is 0. The van der Waals surface area contributed by atoms with Crippen molar-refractivity contribution in [2.24, 2.45) is 0 Å². The summed E-state index contributed by atoms with van der Waals surface area (Å²) in [6, 6.07) is 6.23. The molecule has 2 nitrogen and oxygen atoms in total. The van der Waals surface area contributed by atoms with Gasteiger partial charge in [-0.2, -0.15) is 5.10 Å². The van der Waals surface area contributed by atoms with Gasteiger partial charge in [0.15, 0.2) is 0 Å². The molecule has 2 rings (SSSR count). The molecule has 0 spiro atoms. The van der Waals surface area contributed by atoms with Crippen molar-refractivity contribution >= 4 is 10.9 Å². The van der Waals surface area contributed by atoms with E-state index in [9.17, 15) is 0 Å². The molecule has 0 radical (unpaired) electrons. The monoisotopic (exact) mass is 194 g/mol. The Morgan fingerprint density at radius 3 is 2.43 bits per heavy atom. The van der Waals surface area contributed by atoms with Crippen LogP contribution >= 0.6 is 0 Å². The number of nitrogens with zero attached hydrogens (tertiary/aromatic N) is 1. The lowest BCUT2D eigenvalue weighted by Gasteiger charge is -1.89. The fourth-order valence-electron chi connectivity index (χ4n) is 1.05. The maximum atomic E-state index is 3.92. The van der Waals surface area contributed by atoms with Crippen LogP contribution < -0.4 is 0 Å². The highest BCUT2D eigenvalue weighted by Crippen LogP contribution is 2.10. The summed E-state index contributed by atoms with van der Waals surface area (Å²) in [4.78, 5) is 0. The highest BCUT2D eigenvalue weighted by Gasteiger charge is 1.92. The Bertz CT molecular complexity index is 355. The standard InChI is InChI=1S/C8H8N2.2C2H6.H2/c1-6-2-3-7-5-9-10-8(7)4-6;2*1-2;/h2-5H,1H3,(H,9,10);2*1-2H3;1H. The number of aromatic amines is 1. The van der Waals surface area contributed by atoms with Crippen molar-refractivity contribution < 1.29 is 1.43 Å². The molecule has 1 aromatic heterocycles. The second-order valence-corrected chi connectivity index (χ2v) is 2.46. The smallest absolute Gasteiger partial charge is 0.0652 e. The molecule has 0 bridgehead atoms. The number of hydrogen-bond acceptors (Lipinski definition) is 1. The highest BCUT2D eigenvalue weighted by molar-refractivity contribution is 5.78. The summed E-state index contributed by atoms with van der Waals surface area (Å²) in [6.45, 7) is 10.1. The third-order valence-corrected chi connectivity index (χ3v) is 1.60. The number of nitrogens with one attached hydrogen (secondary N) is 1. The lowest BCUT2D eigenvalue weighted by molar-refractivity contribution is 1.12. The molecule has 1 aromatic carbocycles. The van der Waals surface area contributed by atoms with E-state index in [-0.39, 0.29) is 1.43 Å². The van der Waals surface area contributed by atoms with Crippen molar-refractivity contribution in [3.05, 3.63) is 30.0 Å². The zero-order valence-electron chi connectivity index (χ0n) is 9.76. The van der Waals surface area contributed by atoms with Crippen LogP contribution in [0.15, 0.2) is 24.4 Å². The molecular weight excluding hydrogens is 172 g/mol. The van der Waals surface area contributed by atoms with E-state index in [0.29, 0.717) is 0 Å². The number of benzene rings is 1. The summed E-state index contributed by atoms with van der Waals surface area (Å²) in [7, 11) is 0. The molecule has 2 heteroatoms. The Balaban J connectivity index is 0. The zero-order valence-corrected chi connectivity index (χ0v) is 9.76. The predicted molar refractivity (Wildman–Crippen MR) is 65.6 cm³/mol. The predicted octanol–water partition coefficient (Wildman–Crippen LogP) is 4.17. The summed E-state index contributed by atoms with van der Waals surface area (Å²) in [5.74, 6) is 0. The first kappa shape index (κ1) is 12.7. The van der Waals surface area contributed by atoms with Gasteiger partial charge >= 0.3 is 0 Å². The maximum absolute atomic E-state index is 3.92. The van der Waals surface area contributed by atoms with Crippen LogP contribution in [0, 0.1) is 6.92 Å². The normalized spacial score (nSPS) is 8.36. The zero-order chi connectivity index (χ0) is 11.0. The number of aryl methyl sites for hydroxylation is 1. The molecule has 0 aliphatic heterocycles. The first-order valence-corrected chi connectivity index (χ1v) is 5.26. The molecule has 0 fully saturated rings. The first-order chi connectivity index (χ1) is 6.86. The van der Waals surface area contributed by atoms with Crippen molar-refractivity contribution in [2.45, 2.75) is 34.6 Å². The summed E-state index contributed by atoms with van der Waals surface area (Å²) < 4.78 is 0. The van der Waals surface area contributed by atoms with Crippen LogP contribution in [0.25, 0.3) is 10.9 Å². The fourth-order valence-corrected chi connectivity index (χ4v) is 1.05. The van der Waals surface area contributed by atoms with Gasteiger partial charge in [0.05, 0.1) is 11.7 Å².